The lowest BCUT2D eigenvalue weighted by molar-refractivity contribution is 0.0931. The molecule has 0 bridgehead atoms. The predicted octanol–water partition coefficient (Wildman–Crippen LogP) is 5.70. The van der Waals surface area contributed by atoms with Crippen LogP contribution in [0.4, 0.5) is 0 Å². The normalized spacial score (nSPS) is 19.1. The van der Waals surface area contributed by atoms with Crippen molar-refractivity contribution in [2.24, 2.45) is 0 Å². The number of nitrogens with zero attached hydrogens (tertiary/aromatic N) is 3. The average molecular weight is 543 g/mol. The molecule has 2 aromatic carbocycles. The van der Waals surface area contributed by atoms with Gasteiger partial charge >= 0.3 is 0 Å². The van der Waals surface area contributed by atoms with Crippen molar-refractivity contribution in [2.45, 2.75) is 58.2 Å². The molecule has 3 heterocycles. The zero-order valence-electron chi connectivity index (χ0n) is 23.1. The molecule has 2 aliphatic rings. The molecule has 2 atom stereocenters. The van der Waals surface area contributed by atoms with E-state index < -0.39 is 0 Å². The Hall–Kier alpha value is -3.29. The molecule has 204 valence electrons. The molecule has 1 aromatic heterocycles. The van der Waals surface area contributed by atoms with Crippen molar-refractivity contribution in [3.8, 4) is 11.1 Å². The number of hydrogen-bond acceptors (Lipinski definition) is 5. The van der Waals surface area contributed by atoms with E-state index in [0.717, 1.165) is 60.2 Å². The van der Waals surface area contributed by atoms with Crippen molar-refractivity contribution in [3.63, 3.8) is 0 Å². The zero-order valence-corrected chi connectivity index (χ0v) is 23.9. The van der Waals surface area contributed by atoms with Crippen LogP contribution in [-0.4, -0.2) is 64.2 Å². The molecule has 7 heteroatoms. The van der Waals surface area contributed by atoms with E-state index in [0.29, 0.717) is 30.4 Å². The smallest absolute Gasteiger partial charge is 0.260 e. The lowest BCUT2D eigenvalue weighted by Gasteiger charge is -2.41. The monoisotopic (exact) mass is 542 g/mol. The molecule has 1 unspecified atom stereocenters. The summed E-state index contributed by atoms with van der Waals surface area (Å²) < 4.78 is 5.82. The van der Waals surface area contributed by atoms with Crippen molar-refractivity contribution in [3.05, 3.63) is 89.2 Å². The SMILES string of the molecule is Cc1cc(-c2ccncc2)cc(C)c1C(=O)NCCC(C)N1CCC(N2C(=S)OC[C@H]2c2ccccc2)CC1. The largest absolute Gasteiger partial charge is 0.468 e. The van der Waals surface area contributed by atoms with Crippen molar-refractivity contribution in [1.29, 1.82) is 0 Å². The number of carbonyl (C=O) groups is 1. The van der Waals surface area contributed by atoms with E-state index in [1.165, 1.54) is 5.56 Å². The number of aryl methyl sites for hydroxylation is 2. The predicted molar refractivity (Wildman–Crippen MR) is 160 cm³/mol. The van der Waals surface area contributed by atoms with Gasteiger partial charge in [-0.15, -0.1) is 0 Å². The quantitative estimate of drug-likeness (QED) is 0.369. The van der Waals surface area contributed by atoms with E-state index in [1.807, 2.05) is 32.0 Å². The molecular formula is C32H38N4O2S. The summed E-state index contributed by atoms with van der Waals surface area (Å²) in [7, 11) is 0. The number of likely N-dealkylation sites (tertiary alicyclic amines) is 1. The minimum Gasteiger partial charge on any atom is -0.468 e. The Balaban J connectivity index is 1.11. The maximum Gasteiger partial charge on any atom is 0.260 e. The molecule has 0 radical (unpaired) electrons. The first-order valence-electron chi connectivity index (χ1n) is 14.0. The molecular weight excluding hydrogens is 504 g/mol. The number of pyridine rings is 1. The van der Waals surface area contributed by atoms with Gasteiger partial charge in [0, 0.05) is 49.7 Å². The summed E-state index contributed by atoms with van der Waals surface area (Å²) >= 11 is 5.60. The fraction of sp³-hybridized carbons (Fsp3) is 0.406. The van der Waals surface area contributed by atoms with Crippen molar-refractivity contribution < 1.29 is 9.53 Å². The van der Waals surface area contributed by atoms with E-state index in [-0.39, 0.29) is 11.9 Å². The molecule has 0 spiro atoms. The molecule has 5 rings (SSSR count). The van der Waals surface area contributed by atoms with Gasteiger partial charge in [0.05, 0.1) is 6.04 Å². The highest BCUT2D eigenvalue weighted by Crippen LogP contribution is 2.33. The minimum absolute atomic E-state index is 0.00619. The van der Waals surface area contributed by atoms with E-state index in [4.69, 9.17) is 17.0 Å². The van der Waals surface area contributed by atoms with Crippen LogP contribution in [0.1, 0.15) is 59.3 Å². The first-order valence-corrected chi connectivity index (χ1v) is 14.4. The number of thiocarbonyl (C=S) groups is 1. The molecule has 3 aromatic rings. The molecule has 2 fully saturated rings. The van der Waals surface area contributed by atoms with Gasteiger partial charge in [0.1, 0.15) is 6.61 Å². The zero-order chi connectivity index (χ0) is 27.4. The number of carbonyl (C=O) groups excluding carboxylic acids is 1. The molecule has 0 saturated carbocycles. The van der Waals surface area contributed by atoms with E-state index in [2.05, 4.69) is 63.4 Å². The number of hydrogen-bond donors (Lipinski definition) is 1. The van der Waals surface area contributed by atoms with Gasteiger partial charge in [-0.1, -0.05) is 42.5 Å². The molecule has 1 N–H and O–H groups in total. The number of piperidine rings is 1. The Labute approximate surface area is 237 Å². The molecule has 2 saturated heterocycles. The standard InChI is InChI=1S/C32H38N4O2S/c1-22-19-27(25-10-14-33-15-11-25)20-23(2)30(22)31(37)34-16-9-24(3)35-17-12-28(13-18-35)36-29(21-38-32(36)39)26-7-5-4-6-8-26/h4-8,10-11,14-15,19-20,24,28-29H,9,12-13,16-18,21H2,1-3H3,(H,34,37)/t24?,29-/m0/s1. The van der Waals surface area contributed by atoms with Crippen molar-refractivity contribution in [1.82, 2.24) is 20.1 Å². The Bertz CT molecular complexity index is 1270. The van der Waals surface area contributed by atoms with Crippen molar-refractivity contribution >= 4 is 23.3 Å². The second kappa shape index (κ2) is 12.3. The number of rotatable bonds is 8. The van der Waals surface area contributed by atoms with Gasteiger partial charge in [-0.2, -0.15) is 0 Å². The van der Waals surface area contributed by atoms with Gasteiger partial charge in [-0.3, -0.25) is 9.78 Å². The maximum absolute atomic E-state index is 13.1. The first kappa shape index (κ1) is 27.3. The van der Waals surface area contributed by atoms with Crippen LogP contribution >= 0.6 is 12.2 Å². The number of amides is 1. The van der Waals surface area contributed by atoms with Gasteiger partial charge in [-0.05, 0) is 92.2 Å². The summed E-state index contributed by atoms with van der Waals surface area (Å²) in [6, 6.07) is 19.7. The van der Waals surface area contributed by atoms with Crippen LogP contribution in [0.5, 0.6) is 0 Å². The Morgan fingerprint density at radius 1 is 1.05 bits per heavy atom. The Morgan fingerprint density at radius 3 is 2.38 bits per heavy atom. The molecule has 6 nitrogen and oxygen atoms in total. The summed E-state index contributed by atoms with van der Waals surface area (Å²) in [5, 5.41) is 3.81. The molecule has 0 aliphatic carbocycles. The second-order valence-electron chi connectivity index (χ2n) is 10.8. The second-order valence-corrected chi connectivity index (χ2v) is 11.1. The summed E-state index contributed by atoms with van der Waals surface area (Å²) in [4.78, 5) is 22.1. The van der Waals surface area contributed by atoms with Gasteiger partial charge in [0.2, 0.25) is 0 Å². The van der Waals surface area contributed by atoms with Crippen LogP contribution in [0.3, 0.4) is 0 Å². The van der Waals surface area contributed by atoms with Crippen LogP contribution in [0.15, 0.2) is 67.0 Å². The maximum atomic E-state index is 13.1. The number of benzene rings is 2. The number of aromatic nitrogens is 1. The third kappa shape index (κ3) is 6.15. The third-order valence-electron chi connectivity index (χ3n) is 8.23. The summed E-state index contributed by atoms with van der Waals surface area (Å²) in [5.74, 6) is 0.00619. The summed E-state index contributed by atoms with van der Waals surface area (Å²) in [5.41, 5.74) is 6.24. The van der Waals surface area contributed by atoms with Crippen molar-refractivity contribution in [2.75, 3.05) is 26.2 Å². The fourth-order valence-corrected chi connectivity index (χ4v) is 6.42. The highest BCUT2D eigenvalue weighted by Gasteiger charge is 2.38. The number of ether oxygens (including phenoxy) is 1. The summed E-state index contributed by atoms with van der Waals surface area (Å²) in [6.07, 6.45) is 6.63. The topological polar surface area (TPSA) is 57.7 Å². The van der Waals surface area contributed by atoms with E-state index >= 15 is 0 Å². The molecule has 1 amide bonds. The molecule has 2 aliphatic heterocycles. The lowest BCUT2D eigenvalue weighted by atomic mass is 9.95. The van der Waals surface area contributed by atoms with Crippen LogP contribution in [0.25, 0.3) is 11.1 Å². The van der Waals surface area contributed by atoms with Gasteiger partial charge in [-0.25, -0.2) is 0 Å². The van der Waals surface area contributed by atoms with Crippen LogP contribution < -0.4 is 5.32 Å². The van der Waals surface area contributed by atoms with Crippen LogP contribution in [0.2, 0.25) is 0 Å². The van der Waals surface area contributed by atoms with Crippen LogP contribution in [0, 0.1) is 13.8 Å². The highest BCUT2D eigenvalue weighted by molar-refractivity contribution is 7.80. The van der Waals surface area contributed by atoms with Gasteiger partial charge < -0.3 is 19.9 Å². The minimum atomic E-state index is 0.00619. The Morgan fingerprint density at radius 2 is 1.72 bits per heavy atom. The number of nitrogens with one attached hydrogen (secondary N) is 1. The average Bonchev–Trinajstić information content (AvgIpc) is 3.34. The van der Waals surface area contributed by atoms with Gasteiger partial charge in [0.15, 0.2) is 0 Å². The summed E-state index contributed by atoms with van der Waals surface area (Å²) in [6.45, 7) is 9.63. The van der Waals surface area contributed by atoms with Gasteiger partial charge in [0.25, 0.3) is 11.1 Å². The van der Waals surface area contributed by atoms with E-state index in [9.17, 15) is 4.79 Å². The third-order valence-corrected chi connectivity index (χ3v) is 8.56. The van der Waals surface area contributed by atoms with E-state index in [1.54, 1.807) is 12.4 Å². The van der Waals surface area contributed by atoms with Crippen LogP contribution in [-0.2, 0) is 4.74 Å². The first-order chi connectivity index (χ1) is 18.9. The lowest BCUT2D eigenvalue weighted by Crippen LogP contribution is -2.48. The fourth-order valence-electron chi connectivity index (χ4n) is 6.07. The highest BCUT2D eigenvalue weighted by atomic mass is 32.1. The Kier molecular flexibility index (Phi) is 8.58. The molecule has 39 heavy (non-hydrogen) atoms.